The lowest BCUT2D eigenvalue weighted by molar-refractivity contribution is 0.0696. The van der Waals surface area contributed by atoms with Crippen LogP contribution in [0.1, 0.15) is 10.4 Å². The molecule has 0 amide bonds. The van der Waals surface area contributed by atoms with Crippen molar-refractivity contribution in [1.82, 2.24) is 4.98 Å². The maximum atomic E-state index is 13.6. The zero-order valence-corrected chi connectivity index (χ0v) is 10.5. The van der Waals surface area contributed by atoms with Gasteiger partial charge in [-0.2, -0.15) is 0 Å². The van der Waals surface area contributed by atoms with Gasteiger partial charge >= 0.3 is 5.97 Å². The van der Waals surface area contributed by atoms with Crippen LogP contribution in [0.3, 0.4) is 0 Å². The molecule has 0 saturated heterocycles. The monoisotopic (exact) mass is 323 g/mol. The molecule has 21 heavy (non-hydrogen) atoms. The quantitative estimate of drug-likeness (QED) is 0.396. The minimum Gasteiger partial charge on any atom is -0.478 e. The highest BCUT2D eigenvalue weighted by molar-refractivity contribution is 6.32. The van der Waals surface area contributed by atoms with E-state index in [4.69, 9.17) is 16.7 Å². The van der Waals surface area contributed by atoms with Crippen LogP contribution in [0.5, 0.6) is 0 Å². The van der Waals surface area contributed by atoms with Crippen molar-refractivity contribution in [2.24, 2.45) is 0 Å². The zero-order valence-electron chi connectivity index (χ0n) is 9.73. The Morgan fingerprint density at radius 1 is 1.00 bits per heavy atom. The molecule has 0 unspecified atom stereocenters. The smallest absolute Gasteiger partial charge is 0.337 e. The number of benzene rings is 1. The van der Waals surface area contributed by atoms with Crippen LogP contribution in [0.4, 0.5) is 22.0 Å². The normalized spacial score (nSPS) is 10.8. The van der Waals surface area contributed by atoms with E-state index in [9.17, 15) is 26.7 Å². The molecule has 1 aromatic heterocycles. The summed E-state index contributed by atoms with van der Waals surface area (Å²) in [5.74, 6) is -12.4. The molecule has 0 atom stereocenters. The molecule has 1 aromatic carbocycles. The fourth-order valence-electron chi connectivity index (χ4n) is 1.58. The van der Waals surface area contributed by atoms with Gasteiger partial charge in [-0.05, 0) is 6.07 Å². The van der Waals surface area contributed by atoms with Crippen LogP contribution in [-0.2, 0) is 0 Å². The molecular weight excluding hydrogens is 321 g/mol. The number of rotatable bonds is 2. The molecule has 0 spiro atoms. The van der Waals surface area contributed by atoms with Gasteiger partial charge in [0.2, 0.25) is 5.82 Å². The van der Waals surface area contributed by atoms with Crippen LogP contribution in [0, 0.1) is 29.1 Å². The van der Waals surface area contributed by atoms with E-state index in [-0.39, 0.29) is 0 Å². The third-order valence-electron chi connectivity index (χ3n) is 2.57. The molecule has 0 saturated carbocycles. The molecular formula is C12H3ClF5NO2. The summed E-state index contributed by atoms with van der Waals surface area (Å²) in [6, 6.07) is 0.663. The van der Waals surface area contributed by atoms with Gasteiger partial charge in [0.05, 0.1) is 11.1 Å². The molecule has 0 radical (unpaired) electrons. The summed E-state index contributed by atoms with van der Waals surface area (Å²) in [6.45, 7) is 0. The maximum Gasteiger partial charge on any atom is 0.337 e. The van der Waals surface area contributed by atoms with Gasteiger partial charge in [0.1, 0.15) is 5.15 Å². The van der Waals surface area contributed by atoms with E-state index >= 15 is 0 Å². The number of carboxylic acids is 1. The number of pyridine rings is 1. The lowest BCUT2D eigenvalue weighted by atomic mass is 10.0. The average Bonchev–Trinajstić information content (AvgIpc) is 2.45. The second kappa shape index (κ2) is 5.28. The molecule has 1 heterocycles. The Balaban J connectivity index is 2.85. The Labute approximate surface area is 118 Å². The molecule has 0 bridgehead atoms. The van der Waals surface area contributed by atoms with E-state index < -0.39 is 56.9 Å². The van der Waals surface area contributed by atoms with Crippen LogP contribution in [0.25, 0.3) is 11.1 Å². The lowest BCUT2D eigenvalue weighted by Crippen LogP contribution is -2.06. The number of aromatic nitrogens is 1. The number of aromatic carboxylic acids is 1. The van der Waals surface area contributed by atoms with Crippen molar-refractivity contribution in [2.45, 2.75) is 0 Å². The van der Waals surface area contributed by atoms with Crippen molar-refractivity contribution in [3.63, 3.8) is 0 Å². The van der Waals surface area contributed by atoms with Crippen molar-refractivity contribution in [1.29, 1.82) is 0 Å². The van der Waals surface area contributed by atoms with E-state index in [1.165, 1.54) is 0 Å². The standard InChI is InChI=1S/C12H3ClF5NO2/c13-11-4(1-3(2-19-11)12(20)21)5-6(14)8(16)10(18)9(17)7(5)15/h1-2H,(H,20,21). The first-order valence-electron chi connectivity index (χ1n) is 5.16. The molecule has 0 aliphatic rings. The summed E-state index contributed by atoms with van der Waals surface area (Å²) < 4.78 is 66.5. The summed E-state index contributed by atoms with van der Waals surface area (Å²) in [5, 5.41) is 8.15. The van der Waals surface area contributed by atoms with Gasteiger partial charge < -0.3 is 5.11 Å². The van der Waals surface area contributed by atoms with Crippen molar-refractivity contribution in [3.05, 3.63) is 52.1 Å². The molecule has 110 valence electrons. The van der Waals surface area contributed by atoms with Crippen LogP contribution in [0.15, 0.2) is 12.3 Å². The largest absolute Gasteiger partial charge is 0.478 e. The first-order valence-corrected chi connectivity index (χ1v) is 5.54. The summed E-state index contributed by atoms with van der Waals surface area (Å²) in [6.07, 6.45) is 0.778. The summed E-state index contributed by atoms with van der Waals surface area (Å²) in [7, 11) is 0. The molecule has 0 aliphatic carbocycles. The van der Waals surface area contributed by atoms with Crippen molar-refractivity contribution in [2.75, 3.05) is 0 Å². The van der Waals surface area contributed by atoms with Gasteiger partial charge in [0.15, 0.2) is 23.3 Å². The Hall–Kier alpha value is -2.22. The SMILES string of the molecule is O=C(O)c1cnc(Cl)c(-c2c(F)c(F)c(F)c(F)c2F)c1. The fraction of sp³-hybridized carbons (Fsp3) is 0. The molecule has 2 aromatic rings. The van der Waals surface area contributed by atoms with Crippen molar-refractivity contribution < 1.29 is 31.9 Å². The van der Waals surface area contributed by atoms with E-state index in [1.54, 1.807) is 0 Å². The van der Waals surface area contributed by atoms with Crippen molar-refractivity contribution in [3.8, 4) is 11.1 Å². The number of carboxylic acid groups (broad SMARTS) is 1. The third-order valence-corrected chi connectivity index (χ3v) is 2.87. The lowest BCUT2D eigenvalue weighted by Gasteiger charge is -2.10. The van der Waals surface area contributed by atoms with Gasteiger partial charge in [0, 0.05) is 11.8 Å². The zero-order chi connectivity index (χ0) is 15.9. The van der Waals surface area contributed by atoms with E-state index in [0.717, 1.165) is 6.20 Å². The Morgan fingerprint density at radius 3 is 1.95 bits per heavy atom. The first-order chi connectivity index (χ1) is 9.75. The Morgan fingerprint density at radius 2 is 1.48 bits per heavy atom. The van der Waals surface area contributed by atoms with Crippen LogP contribution >= 0.6 is 11.6 Å². The third kappa shape index (κ3) is 2.42. The Bertz CT molecular complexity index is 737. The minimum atomic E-state index is -2.33. The van der Waals surface area contributed by atoms with Gasteiger partial charge in [-0.3, -0.25) is 0 Å². The molecule has 3 nitrogen and oxygen atoms in total. The number of carbonyl (C=O) groups is 1. The summed E-state index contributed by atoms with van der Waals surface area (Å²) >= 11 is 5.55. The number of hydrogen-bond acceptors (Lipinski definition) is 2. The number of hydrogen-bond donors (Lipinski definition) is 1. The van der Waals surface area contributed by atoms with E-state index in [2.05, 4.69) is 4.98 Å². The molecule has 0 aliphatic heterocycles. The maximum absolute atomic E-state index is 13.6. The van der Waals surface area contributed by atoms with Gasteiger partial charge in [-0.15, -0.1) is 0 Å². The molecule has 1 N–H and O–H groups in total. The predicted molar refractivity (Wildman–Crippen MR) is 61.4 cm³/mol. The van der Waals surface area contributed by atoms with Gasteiger partial charge in [0.25, 0.3) is 0 Å². The number of halogens is 6. The molecule has 9 heteroatoms. The number of nitrogens with zero attached hydrogens (tertiary/aromatic N) is 1. The van der Waals surface area contributed by atoms with E-state index in [0.29, 0.717) is 6.07 Å². The average molecular weight is 324 g/mol. The van der Waals surface area contributed by atoms with Gasteiger partial charge in [-0.1, -0.05) is 11.6 Å². The van der Waals surface area contributed by atoms with Gasteiger partial charge in [-0.25, -0.2) is 31.7 Å². The topological polar surface area (TPSA) is 50.2 Å². The fourth-order valence-corrected chi connectivity index (χ4v) is 1.78. The first kappa shape index (κ1) is 15.2. The van der Waals surface area contributed by atoms with Crippen LogP contribution < -0.4 is 0 Å². The highest BCUT2D eigenvalue weighted by Crippen LogP contribution is 2.35. The molecule has 2 rings (SSSR count). The highest BCUT2D eigenvalue weighted by atomic mass is 35.5. The minimum absolute atomic E-state index is 0.529. The second-order valence-electron chi connectivity index (χ2n) is 3.81. The summed E-state index contributed by atoms with van der Waals surface area (Å²) in [4.78, 5) is 14.1. The van der Waals surface area contributed by atoms with Crippen molar-refractivity contribution >= 4 is 17.6 Å². The van der Waals surface area contributed by atoms with E-state index in [1.807, 2.05) is 0 Å². The second-order valence-corrected chi connectivity index (χ2v) is 4.17. The predicted octanol–water partition coefficient (Wildman–Crippen LogP) is 3.80. The highest BCUT2D eigenvalue weighted by Gasteiger charge is 2.28. The Kier molecular flexibility index (Phi) is 3.82. The van der Waals surface area contributed by atoms with Crippen LogP contribution in [0.2, 0.25) is 5.15 Å². The summed E-state index contributed by atoms with van der Waals surface area (Å²) in [5.41, 5.74) is -2.59. The van der Waals surface area contributed by atoms with Crippen LogP contribution in [-0.4, -0.2) is 16.1 Å². The molecule has 0 fully saturated rings.